The molecule has 23 heavy (non-hydrogen) atoms. The monoisotopic (exact) mass is 343 g/mol. The van der Waals surface area contributed by atoms with Gasteiger partial charge in [0.15, 0.2) is 11.5 Å². The molecule has 2 N–H and O–H groups in total. The lowest BCUT2D eigenvalue weighted by Gasteiger charge is -2.35. The van der Waals surface area contributed by atoms with Crippen LogP contribution in [0.25, 0.3) is 0 Å². The Labute approximate surface area is 145 Å². The molecule has 0 aliphatic heterocycles. The van der Waals surface area contributed by atoms with E-state index in [1.54, 1.807) is 6.07 Å². The lowest BCUT2D eigenvalue weighted by atomic mass is 9.86. The Balaban J connectivity index is 0.00000264. The zero-order chi connectivity index (χ0) is 16.1. The van der Waals surface area contributed by atoms with Gasteiger partial charge in [0.1, 0.15) is 0 Å². The molecule has 0 heterocycles. The fraction of sp³-hybridized carbons (Fsp3) is 0.667. The van der Waals surface area contributed by atoms with Crippen LogP contribution < -0.4 is 0 Å². The predicted octanol–water partition coefficient (Wildman–Crippen LogP) is 3.51. The van der Waals surface area contributed by atoms with Gasteiger partial charge in [0.2, 0.25) is 0 Å². The summed E-state index contributed by atoms with van der Waals surface area (Å²) in [6.45, 7) is 9.13. The average Bonchev–Trinajstić information content (AvgIpc) is 2.49. The number of rotatable bonds is 7. The number of phenolic OH excluding ortho intramolecular Hbond substituents is 2. The molecule has 132 valence electrons. The highest BCUT2D eigenvalue weighted by atomic mass is 35.5. The maximum absolute atomic E-state index is 9.99. The maximum atomic E-state index is 9.99. The van der Waals surface area contributed by atoms with Crippen LogP contribution in [0, 0.1) is 0 Å². The van der Waals surface area contributed by atoms with Crippen molar-refractivity contribution < 1.29 is 14.9 Å². The van der Waals surface area contributed by atoms with Gasteiger partial charge in [-0.1, -0.05) is 13.0 Å². The first kappa shape index (κ1) is 20.1. The normalized spacial score (nSPS) is 17.2. The molecule has 0 amide bonds. The second-order valence-electron chi connectivity index (χ2n) is 6.42. The van der Waals surface area contributed by atoms with Crippen molar-refractivity contribution in [2.45, 2.75) is 58.6 Å². The summed E-state index contributed by atoms with van der Waals surface area (Å²) in [5, 5.41) is 19.6. The van der Waals surface area contributed by atoms with E-state index in [2.05, 4.69) is 25.7 Å². The van der Waals surface area contributed by atoms with Crippen molar-refractivity contribution in [3.8, 4) is 11.5 Å². The van der Waals surface area contributed by atoms with E-state index in [-0.39, 0.29) is 30.0 Å². The van der Waals surface area contributed by atoms with Gasteiger partial charge in [-0.3, -0.25) is 4.90 Å². The Morgan fingerprint density at radius 1 is 1.26 bits per heavy atom. The maximum Gasteiger partial charge on any atom is 0.160 e. The summed E-state index contributed by atoms with van der Waals surface area (Å²) in [6.07, 6.45) is 4.18. The van der Waals surface area contributed by atoms with Crippen molar-refractivity contribution in [3.05, 3.63) is 23.3 Å². The molecule has 1 aromatic rings. The quantitative estimate of drug-likeness (QED) is 0.744. The highest BCUT2D eigenvalue weighted by Gasteiger charge is 2.26. The second-order valence-corrected chi connectivity index (χ2v) is 6.42. The van der Waals surface area contributed by atoms with Crippen molar-refractivity contribution in [3.63, 3.8) is 0 Å². The molecule has 0 saturated carbocycles. The highest BCUT2D eigenvalue weighted by Crippen LogP contribution is 2.36. The van der Waals surface area contributed by atoms with Crippen molar-refractivity contribution in [1.82, 2.24) is 4.90 Å². The molecule has 0 bridgehead atoms. The van der Waals surface area contributed by atoms with Gasteiger partial charge in [-0.05, 0) is 57.7 Å². The minimum Gasteiger partial charge on any atom is -0.504 e. The Kier molecular flexibility index (Phi) is 8.17. The average molecular weight is 344 g/mol. The van der Waals surface area contributed by atoms with Crippen LogP contribution >= 0.6 is 12.4 Å². The van der Waals surface area contributed by atoms with Gasteiger partial charge < -0.3 is 14.9 Å². The molecule has 5 heteroatoms. The van der Waals surface area contributed by atoms with Crippen LogP contribution in [0.5, 0.6) is 11.5 Å². The van der Waals surface area contributed by atoms with Crippen molar-refractivity contribution >= 4 is 12.4 Å². The summed E-state index contributed by atoms with van der Waals surface area (Å²) in [5.41, 5.74) is 2.09. The topological polar surface area (TPSA) is 52.9 Å². The van der Waals surface area contributed by atoms with Crippen LogP contribution in [0.2, 0.25) is 0 Å². The van der Waals surface area contributed by atoms with Crippen molar-refractivity contribution in [2.75, 3.05) is 19.7 Å². The Morgan fingerprint density at radius 2 is 2.00 bits per heavy atom. The third-order valence-electron chi connectivity index (χ3n) is 4.40. The highest BCUT2D eigenvalue weighted by molar-refractivity contribution is 5.85. The van der Waals surface area contributed by atoms with Gasteiger partial charge in [0, 0.05) is 18.2 Å². The van der Waals surface area contributed by atoms with Gasteiger partial charge in [0.05, 0.1) is 12.7 Å². The van der Waals surface area contributed by atoms with Crippen LogP contribution in [-0.2, 0) is 17.6 Å². The van der Waals surface area contributed by atoms with Crippen LogP contribution in [0.3, 0.4) is 0 Å². The van der Waals surface area contributed by atoms with Gasteiger partial charge in [0.25, 0.3) is 0 Å². The number of nitrogens with zero attached hydrogens (tertiary/aromatic N) is 1. The van der Waals surface area contributed by atoms with E-state index in [1.165, 1.54) is 0 Å². The largest absolute Gasteiger partial charge is 0.504 e. The summed E-state index contributed by atoms with van der Waals surface area (Å²) >= 11 is 0. The molecule has 0 radical (unpaired) electrons. The first-order chi connectivity index (χ1) is 10.5. The van der Waals surface area contributed by atoms with Gasteiger partial charge in [-0.25, -0.2) is 0 Å². The van der Waals surface area contributed by atoms with Gasteiger partial charge in [-0.15, -0.1) is 12.4 Å². The molecule has 0 fully saturated rings. The first-order valence-corrected chi connectivity index (χ1v) is 8.41. The molecular formula is C18H30ClNO3. The summed E-state index contributed by atoms with van der Waals surface area (Å²) in [6, 6.07) is 4.04. The fourth-order valence-electron chi connectivity index (χ4n) is 3.28. The summed E-state index contributed by atoms with van der Waals surface area (Å²) in [7, 11) is 0. The number of phenols is 2. The summed E-state index contributed by atoms with van der Waals surface area (Å²) < 4.78 is 5.70. The third-order valence-corrected chi connectivity index (χ3v) is 4.40. The van der Waals surface area contributed by atoms with E-state index >= 15 is 0 Å². The third kappa shape index (κ3) is 5.27. The minimum atomic E-state index is -0.00653. The number of ether oxygens (including phenoxy) is 1. The Hall–Kier alpha value is -0.970. The molecule has 1 atom stereocenters. The molecular weight excluding hydrogens is 314 g/mol. The lowest BCUT2D eigenvalue weighted by Crippen LogP contribution is -2.42. The predicted molar refractivity (Wildman–Crippen MR) is 95.8 cm³/mol. The van der Waals surface area contributed by atoms with Crippen LogP contribution in [-0.4, -0.2) is 47.0 Å². The number of hydrogen-bond acceptors (Lipinski definition) is 4. The molecule has 4 nitrogen and oxygen atoms in total. The molecule has 1 aromatic carbocycles. The van der Waals surface area contributed by atoms with E-state index in [0.717, 1.165) is 56.5 Å². The van der Waals surface area contributed by atoms with E-state index in [0.29, 0.717) is 6.04 Å². The fourth-order valence-corrected chi connectivity index (χ4v) is 3.28. The number of halogens is 1. The molecule has 0 saturated heterocycles. The van der Waals surface area contributed by atoms with Crippen LogP contribution in [0.1, 0.15) is 44.7 Å². The number of aromatic hydroxyl groups is 2. The van der Waals surface area contributed by atoms with E-state index in [4.69, 9.17) is 4.74 Å². The van der Waals surface area contributed by atoms with E-state index in [9.17, 15) is 10.2 Å². The zero-order valence-corrected chi connectivity index (χ0v) is 15.2. The molecule has 2 rings (SSSR count). The number of benzene rings is 1. The Bertz CT molecular complexity index is 493. The summed E-state index contributed by atoms with van der Waals surface area (Å²) in [5.74, 6) is 0.0640. The smallest absolute Gasteiger partial charge is 0.160 e. The number of hydrogen-bond donors (Lipinski definition) is 2. The molecule has 1 aliphatic rings. The van der Waals surface area contributed by atoms with E-state index < -0.39 is 0 Å². The minimum absolute atomic E-state index is 0. The van der Waals surface area contributed by atoms with Gasteiger partial charge >= 0.3 is 0 Å². The standard InChI is InChI=1S/C18H29NO3.ClH/c1-4-9-19(10-11-22-13(2)3)15-6-7-16-14(12-15)5-8-17(20)18(16)21;/h5,8,13,15,20-21H,4,6-7,9-12H2,1-3H3;1H. The van der Waals surface area contributed by atoms with Gasteiger partial charge in [-0.2, -0.15) is 0 Å². The molecule has 0 aromatic heterocycles. The SMILES string of the molecule is CCCN(CCOC(C)C)C1CCc2c(ccc(O)c2O)C1.Cl. The first-order valence-electron chi connectivity index (χ1n) is 8.41. The molecule has 0 spiro atoms. The molecule has 1 unspecified atom stereocenters. The van der Waals surface area contributed by atoms with E-state index in [1.807, 2.05) is 6.07 Å². The number of fused-ring (bicyclic) bond motifs is 1. The lowest BCUT2D eigenvalue weighted by molar-refractivity contribution is 0.0465. The summed E-state index contributed by atoms with van der Waals surface area (Å²) in [4.78, 5) is 2.51. The van der Waals surface area contributed by atoms with Crippen molar-refractivity contribution in [2.24, 2.45) is 0 Å². The van der Waals surface area contributed by atoms with Crippen LogP contribution in [0.15, 0.2) is 12.1 Å². The van der Waals surface area contributed by atoms with Crippen LogP contribution in [0.4, 0.5) is 0 Å². The molecule has 1 aliphatic carbocycles. The second kappa shape index (κ2) is 9.36. The zero-order valence-electron chi connectivity index (χ0n) is 14.4. The van der Waals surface area contributed by atoms with Crippen molar-refractivity contribution in [1.29, 1.82) is 0 Å². The Morgan fingerprint density at radius 3 is 2.65 bits per heavy atom.